The van der Waals surface area contributed by atoms with E-state index in [0.29, 0.717) is 42.0 Å². The lowest BCUT2D eigenvalue weighted by Gasteiger charge is -2.52. The molecule has 2 atom stereocenters. The van der Waals surface area contributed by atoms with Crippen molar-refractivity contribution in [2.45, 2.75) is 81.7 Å². The topological polar surface area (TPSA) is 223 Å². The summed E-state index contributed by atoms with van der Waals surface area (Å²) < 4.78 is 55.5. The fourth-order valence-electron chi connectivity index (χ4n) is 5.72. The highest BCUT2D eigenvalue weighted by atomic mass is 35.5. The van der Waals surface area contributed by atoms with Gasteiger partial charge in [0.15, 0.2) is 0 Å². The van der Waals surface area contributed by atoms with E-state index in [4.69, 9.17) is 56.4 Å². The maximum atomic E-state index is 13.1. The molecule has 3 aromatic rings. The lowest BCUT2D eigenvalue weighted by atomic mass is 9.90. The van der Waals surface area contributed by atoms with E-state index in [2.05, 4.69) is 5.32 Å². The third kappa shape index (κ3) is 11.8. The van der Waals surface area contributed by atoms with Crippen molar-refractivity contribution in [3.63, 3.8) is 0 Å². The van der Waals surface area contributed by atoms with Crippen LogP contribution in [-0.4, -0.2) is 80.6 Å². The second kappa shape index (κ2) is 19.0. The molecule has 0 bridgehead atoms. The first kappa shape index (κ1) is 43.3. The van der Waals surface area contributed by atoms with Gasteiger partial charge in [-0.15, -0.1) is 0 Å². The van der Waals surface area contributed by atoms with Gasteiger partial charge in [-0.05, 0) is 82.9 Å². The molecule has 1 fully saturated rings. The molecule has 2 aromatic carbocycles. The average Bonchev–Trinajstić information content (AvgIpc) is 3.63. The molecule has 1 saturated heterocycles. The van der Waals surface area contributed by atoms with Gasteiger partial charge in [0.25, 0.3) is 0 Å². The van der Waals surface area contributed by atoms with Crippen LogP contribution in [0.4, 0.5) is 10.5 Å². The number of nitrogens with two attached hydrogens (primary N) is 1. The van der Waals surface area contributed by atoms with Crippen molar-refractivity contribution in [2.75, 3.05) is 31.9 Å². The monoisotopic (exact) mass is 827 g/mol. The SMILES string of the molecule is C[C@@H]1N(C(=O)OCOC(=O)CC(=O)OCCCCCCOC(=O)c2cc(S(N)(=O)=O)c(Cl)cc2NCc2ccco2)C(C)(C)CO[C@@]1(O)c1cccc(Cl)c1. The fraction of sp³-hybridized carbons (Fsp3) is 0.444. The number of nitrogens with one attached hydrogen (secondary N) is 1. The summed E-state index contributed by atoms with van der Waals surface area (Å²) in [5, 5.41) is 19.8. The third-order valence-electron chi connectivity index (χ3n) is 8.54. The summed E-state index contributed by atoms with van der Waals surface area (Å²) in [4.78, 5) is 51.2. The summed E-state index contributed by atoms with van der Waals surface area (Å²) in [5.41, 5.74) is -0.415. The minimum atomic E-state index is -4.22. The van der Waals surface area contributed by atoms with Crippen molar-refractivity contribution in [1.82, 2.24) is 4.90 Å². The van der Waals surface area contributed by atoms with E-state index in [-0.39, 0.29) is 42.6 Å². The van der Waals surface area contributed by atoms with E-state index < -0.39 is 69.5 Å². The molecule has 1 aliphatic rings. The zero-order chi connectivity index (χ0) is 40.4. The van der Waals surface area contributed by atoms with Gasteiger partial charge < -0.3 is 38.5 Å². The molecular formula is C36H43Cl2N3O13S. The Morgan fingerprint density at radius 2 is 1.65 bits per heavy atom. The van der Waals surface area contributed by atoms with E-state index >= 15 is 0 Å². The number of furan rings is 1. The van der Waals surface area contributed by atoms with Crippen LogP contribution < -0.4 is 10.5 Å². The van der Waals surface area contributed by atoms with Crippen molar-refractivity contribution >= 4 is 62.9 Å². The van der Waals surface area contributed by atoms with Crippen LogP contribution in [0.5, 0.6) is 0 Å². The number of carbonyl (C=O) groups excluding carboxylic acids is 4. The highest BCUT2D eigenvalue weighted by Gasteiger charge is 2.53. The van der Waals surface area contributed by atoms with E-state index in [1.165, 1.54) is 23.3 Å². The van der Waals surface area contributed by atoms with Crippen LogP contribution >= 0.6 is 23.2 Å². The number of morpholine rings is 1. The second-order valence-electron chi connectivity index (χ2n) is 13.2. The van der Waals surface area contributed by atoms with E-state index in [1.807, 2.05) is 0 Å². The molecule has 19 heteroatoms. The van der Waals surface area contributed by atoms with Gasteiger partial charge in [0.2, 0.25) is 22.6 Å². The number of nitrogens with zero attached hydrogens (tertiary/aromatic N) is 1. The molecule has 1 aromatic heterocycles. The Morgan fingerprint density at radius 1 is 0.964 bits per heavy atom. The first-order valence-corrected chi connectivity index (χ1v) is 19.4. The van der Waals surface area contributed by atoms with Crippen molar-refractivity contribution in [2.24, 2.45) is 5.14 Å². The number of carbonyl (C=O) groups is 4. The predicted molar refractivity (Wildman–Crippen MR) is 197 cm³/mol. The summed E-state index contributed by atoms with van der Waals surface area (Å²) in [6.45, 7) is 4.42. The summed E-state index contributed by atoms with van der Waals surface area (Å²) in [6, 6.07) is 11.2. The number of aliphatic hydroxyl groups is 1. The number of hydrogen-bond donors (Lipinski definition) is 3. The Kier molecular flexibility index (Phi) is 14.9. The van der Waals surface area contributed by atoms with E-state index in [9.17, 15) is 32.7 Å². The number of primary sulfonamides is 1. The number of ether oxygens (including phenoxy) is 5. The first-order chi connectivity index (χ1) is 25.9. The number of anilines is 1. The van der Waals surface area contributed by atoms with Gasteiger partial charge in [-0.3, -0.25) is 14.5 Å². The Labute approximate surface area is 328 Å². The quantitative estimate of drug-likeness (QED) is 0.0504. The molecule has 0 unspecified atom stereocenters. The van der Waals surface area contributed by atoms with Gasteiger partial charge in [0.1, 0.15) is 17.1 Å². The molecule has 0 aliphatic carbocycles. The number of benzene rings is 2. The molecule has 1 amide bonds. The summed E-state index contributed by atoms with van der Waals surface area (Å²) in [6.07, 6.45) is 2.00. The van der Waals surface area contributed by atoms with Gasteiger partial charge in [0, 0.05) is 10.6 Å². The lowest BCUT2D eigenvalue weighted by molar-refractivity contribution is -0.295. The summed E-state index contributed by atoms with van der Waals surface area (Å²) >= 11 is 12.2. The number of esters is 3. The van der Waals surface area contributed by atoms with Crippen LogP contribution in [-0.2, 0) is 55.6 Å². The number of sulfonamides is 1. The number of halogens is 2. The molecular weight excluding hydrogens is 785 g/mol. The normalized spacial score (nSPS) is 17.9. The van der Waals surface area contributed by atoms with E-state index in [0.717, 1.165) is 6.07 Å². The number of unbranched alkanes of at least 4 members (excludes halogenated alkanes) is 3. The van der Waals surface area contributed by atoms with Crippen LogP contribution in [0.3, 0.4) is 0 Å². The Hall–Kier alpha value is -4.39. The van der Waals surface area contributed by atoms with Crippen LogP contribution in [0.15, 0.2) is 64.1 Å². The average molecular weight is 829 g/mol. The second-order valence-corrected chi connectivity index (χ2v) is 15.5. The van der Waals surface area contributed by atoms with Crippen LogP contribution in [0, 0.1) is 0 Å². The van der Waals surface area contributed by atoms with Crippen LogP contribution in [0.25, 0.3) is 0 Å². The summed E-state index contributed by atoms with van der Waals surface area (Å²) in [5.74, 6) is -3.93. The van der Waals surface area contributed by atoms with Crippen LogP contribution in [0.1, 0.15) is 74.6 Å². The molecule has 4 N–H and O–H groups in total. The molecule has 1 aliphatic heterocycles. The minimum Gasteiger partial charge on any atom is -0.467 e. The zero-order valence-corrected chi connectivity index (χ0v) is 32.7. The highest BCUT2D eigenvalue weighted by Crippen LogP contribution is 2.40. The maximum Gasteiger partial charge on any atom is 0.413 e. The highest BCUT2D eigenvalue weighted by molar-refractivity contribution is 7.89. The largest absolute Gasteiger partial charge is 0.467 e. The van der Waals surface area contributed by atoms with Crippen LogP contribution in [0.2, 0.25) is 10.0 Å². The minimum absolute atomic E-state index is 0.0186. The predicted octanol–water partition coefficient (Wildman–Crippen LogP) is 5.48. The van der Waals surface area contributed by atoms with Crippen molar-refractivity contribution in [1.29, 1.82) is 0 Å². The molecule has 2 heterocycles. The van der Waals surface area contributed by atoms with E-state index in [1.54, 1.807) is 51.1 Å². The first-order valence-electron chi connectivity index (χ1n) is 17.1. The maximum absolute atomic E-state index is 13.1. The number of rotatable bonds is 17. The third-order valence-corrected chi connectivity index (χ3v) is 10.2. The molecule has 4 rings (SSSR count). The lowest BCUT2D eigenvalue weighted by Crippen LogP contribution is -2.66. The van der Waals surface area contributed by atoms with Gasteiger partial charge in [-0.1, -0.05) is 35.3 Å². The fourth-order valence-corrected chi connectivity index (χ4v) is 7.01. The molecule has 16 nitrogen and oxygen atoms in total. The van der Waals surface area contributed by atoms with Gasteiger partial charge in [0.05, 0.1) is 60.5 Å². The molecule has 300 valence electrons. The van der Waals surface area contributed by atoms with Gasteiger partial charge in [-0.2, -0.15) is 0 Å². The molecule has 0 spiro atoms. The Balaban J connectivity index is 1.13. The van der Waals surface area contributed by atoms with Crippen molar-refractivity contribution < 1.29 is 60.8 Å². The van der Waals surface area contributed by atoms with Gasteiger partial charge in [-0.25, -0.2) is 23.1 Å². The van der Waals surface area contributed by atoms with Gasteiger partial charge >= 0.3 is 24.0 Å². The summed E-state index contributed by atoms with van der Waals surface area (Å²) in [7, 11) is -4.22. The molecule has 55 heavy (non-hydrogen) atoms. The number of hydrogen-bond acceptors (Lipinski definition) is 14. The molecule has 0 saturated carbocycles. The van der Waals surface area contributed by atoms with Crippen molar-refractivity contribution in [3.8, 4) is 0 Å². The standard InChI is InChI=1S/C36H43Cl2N3O13S/c1-23-36(46,24-10-8-11-25(37)16-24)54-21-35(2,3)41(23)34(45)53-22-52-32(43)19-31(42)50-13-6-4-5-7-14-51-33(44)27-17-30(55(39,47)48)28(38)18-29(27)40-20-26-12-9-15-49-26/h8-12,15-18,23,40,46H,4-7,13-14,19-22H2,1-3H3,(H2,39,47,48)/t23-,36+/m0/s1. The Morgan fingerprint density at radius 3 is 2.31 bits per heavy atom. The Bertz CT molecular complexity index is 1940. The molecule has 0 radical (unpaired) electrons. The smallest absolute Gasteiger partial charge is 0.413 e. The zero-order valence-electron chi connectivity index (χ0n) is 30.4. The number of amides is 1. The van der Waals surface area contributed by atoms with Crippen molar-refractivity contribution in [3.05, 3.63) is 81.7 Å².